The van der Waals surface area contributed by atoms with Crippen LogP contribution in [-0.2, 0) is 19.1 Å². The van der Waals surface area contributed by atoms with Gasteiger partial charge in [-0.3, -0.25) is 9.59 Å². The lowest BCUT2D eigenvalue weighted by atomic mass is 9.64. The molecule has 178 valence electrons. The second kappa shape index (κ2) is 7.97. The van der Waals surface area contributed by atoms with E-state index in [1.165, 1.54) is 25.7 Å². The van der Waals surface area contributed by atoms with E-state index < -0.39 is 0 Å². The van der Waals surface area contributed by atoms with Gasteiger partial charge in [0.2, 0.25) is 11.8 Å². The van der Waals surface area contributed by atoms with Crippen molar-refractivity contribution in [1.82, 2.24) is 9.80 Å². The Morgan fingerprint density at radius 3 is 1.47 bits per heavy atom. The van der Waals surface area contributed by atoms with E-state index >= 15 is 0 Å². The number of hydrogen-bond acceptors (Lipinski definition) is 4. The van der Waals surface area contributed by atoms with Crippen molar-refractivity contribution in [3.8, 4) is 0 Å². The van der Waals surface area contributed by atoms with Crippen LogP contribution < -0.4 is 0 Å². The van der Waals surface area contributed by atoms with Crippen LogP contribution in [0.15, 0.2) is 0 Å². The summed E-state index contributed by atoms with van der Waals surface area (Å²) in [6.45, 7) is 7.32. The normalized spacial score (nSPS) is 34.2. The molecular formula is C26H40N2O4. The Labute approximate surface area is 192 Å². The van der Waals surface area contributed by atoms with Crippen LogP contribution in [-0.4, -0.2) is 73.2 Å². The van der Waals surface area contributed by atoms with Gasteiger partial charge in [-0.2, -0.15) is 0 Å². The Bertz CT molecular complexity index is 687. The van der Waals surface area contributed by atoms with E-state index in [1.807, 2.05) is 0 Å². The lowest BCUT2D eigenvalue weighted by Gasteiger charge is -2.60. The number of likely N-dealkylation sites (tertiary alicyclic amines) is 2. The van der Waals surface area contributed by atoms with E-state index in [0.717, 1.165) is 65.2 Å². The van der Waals surface area contributed by atoms with E-state index in [0.29, 0.717) is 47.6 Å². The van der Waals surface area contributed by atoms with Crippen LogP contribution in [0.2, 0.25) is 0 Å². The van der Waals surface area contributed by atoms with Crippen LogP contribution in [0.3, 0.4) is 0 Å². The zero-order chi connectivity index (χ0) is 21.9. The van der Waals surface area contributed by atoms with Gasteiger partial charge in [-0.25, -0.2) is 0 Å². The third-order valence-corrected chi connectivity index (χ3v) is 9.70. The first-order valence-corrected chi connectivity index (χ1v) is 13.3. The molecule has 2 spiro atoms. The smallest absolute Gasteiger partial charge is 0.223 e. The average molecular weight is 445 g/mol. The Balaban J connectivity index is 1.04. The number of amides is 2. The molecule has 2 saturated carbocycles. The van der Waals surface area contributed by atoms with Gasteiger partial charge in [0, 0.05) is 75.3 Å². The van der Waals surface area contributed by atoms with Crippen molar-refractivity contribution < 1.29 is 19.1 Å². The van der Waals surface area contributed by atoms with Gasteiger partial charge in [0.25, 0.3) is 0 Å². The quantitative estimate of drug-likeness (QED) is 0.631. The summed E-state index contributed by atoms with van der Waals surface area (Å²) in [7, 11) is 0. The standard InChI is InChI=1S/C26H40N2O4/c1-18(14-21(29)27-16-25(6-10-31-11-7-25)23(27)19-2-3-19)15-22(30)28-17-26(8-12-32-13-9-26)24(28)20-4-5-20/h18-20,23-24H,2-17H2,1H3. The number of carbonyl (C=O) groups excluding carboxylic acids is 2. The van der Waals surface area contributed by atoms with Gasteiger partial charge in [0.15, 0.2) is 0 Å². The molecule has 6 fully saturated rings. The molecule has 4 heterocycles. The molecular weight excluding hydrogens is 404 g/mol. The van der Waals surface area contributed by atoms with Gasteiger partial charge in [-0.15, -0.1) is 0 Å². The molecule has 2 amide bonds. The van der Waals surface area contributed by atoms with Crippen LogP contribution in [0.1, 0.15) is 71.1 Å². The minimum atomic E-state index is 0.118. The van der Waals surface area contributed by atoms with Crippen molar-refractivity contribution in [3.05, 3.63) is 0 Å². The van der Waals surface area contributed by atoms with E-state index in [9.17, 15) is 9.59 Å². The number of carbonyl (C=O) groups is 2. The molecule has 6 rings (SSSR count). The molecule has 0 bridgehead atoms. The number of rotatable bonds is 6. The maximum Gasteiger partial charge on any atom is 0.223 e. The molecule has 6 nitrogen and oxygen atoms in total. The van der Waals surface area contributed by atoms with Crippen molar-refractivity contribution in [1.29, 1.82) is 0 Å². The van der Waals surface area contributed by atoms with Gasteiger partial charge in [0.1, 0.15) is 0 Å². The summed E-state index contributed by atoms with van der Waals surface area (Å²) >= 11 is 0. The summed E-state index contributed by atoms with van der Waals surface area (Å²) in [4.78, 5) is 30.8. The molecule has 6 aliphatic rings. The second-order valence-electron chi connectivity index (χ2n) is 12.1. The first kappa shape index (κ1) is 21.4. The topological polar surface area (TPSA) is 59.1 Å². The summed E-state index contributed by atoms with van der Waals surface area (Å²) in [6.07, 6.45) is 10.6. The molecule has 0 aromatic rings. The zero-order valence-corrected chi connectivity index (χ0v) is 19.7. The lowest BCUT2D eigenvalue weighted by Crippen LogP contribution is -2.69. The fourth-order valence-electron chi connectivity index (χ4n) is 7.68. The van der Waals surface area contributed by atoms with Crippen LogP contribution in [0.25, 0.3) is 0 Å². The predicted octanol–water partition coefficient (Wildman–Crippen LogP) is 3.24. The Hall–Kier alpha value is -1.14. The number of ether oxygens (including phenoxy) is 2. The minimum Gasteiger partial charge on any atom is -0.381 e. The third kappa shape index (κ3) is 3.60. The number of hydrogen-bond donors (Lipinski definition) is 0. The monoisotopic (exact) mass is 444 g/mol. The van der Waals surface area contributed by atoms with Crippen molar-refractivity contribution in [2.75, 3.05) is 39.5 Å². The summed E-state index contributed by atoms with van der Waals surface area (Å²) < 4.78 is 11.2. The summed E-state index contributed by atoms with van der Waals surface area (Å²) in [5.41, 5.74) is 0.641. The maximum atomic E-state index is 13.2. The largest absolute Gasteiger partial charge is 0.381 e. The SMILES string of the molecule is CC(CC(=O)N1CC2(CCOCC2)C1C1CC1)CC(=O)N1CC2(CCOCC2)C1C1CC1. The lowest BCUT2D eigenvalue weighted by molar-refractivity contribution is -0.174. The molecule has 2 atom stereocenters. The van der Waals surface area contributed by atoms with Crippen LogP contribution >= 0.6 is 0 Å². The van der Waals surface area contributed by atoms with Crippen molar-refractivity contribution in [2.45, 2.75) is 83.2 Å². The van der Waals surface area contributed by atoms with Gasteiger partial charge in [-0.05, 0) is 69.1 Å². The van der Waals surface area contributed by atoms with Gasteiger partial charge >= 0.3 is 0 Å². The van der Waals surface area contributed by atoms with E-state index in [4.69, 9.17) is 9.47 Å². The molecule has 0 N–H and O–H groups in total. The predicted molar refractivity (Wildman–Crippen MR) is 120 cm³/mol. The van der Waals surface area contributed by atoms with Crippen molar-refractivity contribution in [3.63, 3.8) is 0 Å². The van der Waals surface area contributed by atoms with Crippen LogP contribution in [0.5, 0.6) is 0 Å². The molecule has 0 radical (unpaired) electrons. The Morgan fingerprint density at radius 2 is 1.12 bits per heavy atom. The first-order valence-electron chi connectivity index (χ1n) is 13.3. The molecule has 6 heteroatoms. The number of nitrogens with zero attached hydrogens (tertiary/aromatic N) is 2. The average Bonchev–Trinajstić information content (AvgIpc) is 3.69. The van der Waals surface area contributed by atoms with Crippen LogP contribution in [0, 0.1) is 28.6 Å². The molecule has 2 unspecified atom stereocenters. The minimum absolute atomic E-state index is 0.118. The summed E-state index contributed by atoms with van der Waals surface area (Å²) in [5, 5.41) is 0. The van der Waals surface area contributed by atoms with E-state index in [-0.39, 0.29) is 17.7 Å². The Morgan fingerprint density at radius 1 is 0.750 bits per heavy atom. The molecule has 4 aliphatic heterocycles. The fraction of sp³-hybridized carbons (Fsp3) is 0.923. The van der Waals surface area contributed by atoms with Crippen LogP contribution in [0.4, 0.5) is 0 Å². The highest BCUT2D eigenvalue weighted by Crippen LogP contribution is 2.56. The molecule has 4 saturated heterocycles. The van der Waals surface area contributed by atoms with Gasteiger partial charge < -0.3 is 19.3 Å². The maximum absolute atomic E-state index is 13.2. The van der Waals surface area contributed by atoms with Crippen molar-refractivity contribution in [2.24, 2.45) is 28.6 Å². The third-order valence-electron chi connectivity index (χ3n) is 9.70. The first-order chi connectivity index (χ1) is 15.5. The van der Waals surface area contributed by atoms with Gasteiger partial charge in [0.05, 0.1) is 0 Å². The van der Waals surface area contributed by atoms with Crippen molar-refractivity contribution >= 4 is 11.8 Å². The highest BCUT2D eigenvalue weighted by molar-refractivity contribution is 5.81. The molecule has 0 aromatic carbocycles. The highest BCUT2D eigenvalue weighted by Gasteiger charge is 2.60. The summed E-state index contributed by atoms with van der Waals surface area (Å²) in [6, 6.07) is 0.870. The molecule has 0 aromatic heterocycles. The second-order valence-corrected chi connectivity index (χ2v) is 12.1. The van der Waals surface area contributed by atoms with E-state index in [2.05, 4.69) is 16.7 Å². The fourth-order valence-corrected chi connectivity index (χ4v) is 7.68. The van der Waals surface area contributed by atoms with Gasteiger partial charge in [-0.1, -0.05) is 6.92 Å². The van der Waals surface area contributed by atoms with E-state index in [1.54, 1.807) is 0 Å². The molecule has 2 aliphatic carbocycles. The highest BCUT2D eigenvalue weighted by atomic mass is 16.5. The molecule has 32 heavy (non-hydrogen) atoms. The summed E-state index contributed by atoms with van der Waals surface area (Å²) in [5.74, 6) is 2.09. The zero-order valence-electron chi connectivity index (χ0n) is 19.7. The Kier molecular flexibility index (Phi) is 5.33.